The fourth-order valence-electron chi connectivity index (χ4n) is 3.45. The van der Waals surface area contributed by atoms with Gasteiger partial charge in [0, 0.05) is 6.54 Å². The monoisotopic (exact) mass is 217 g/mol. The highest BCUT2D eigenvalue weighted by molar-refractivity contribution is 5.34. The summed E-state index contributed by atoms with van der Waals surface area (Å²) in [5, 5.41) is 3.54. The lowest BCUT2D eigenvalue weighted by atomic mass is 9.57. The zero-order valence-electron chi connectivity index (χ0n) is 9.83. The first kappa shape index (κ1) is 10.2. The zero-order valence-corrected chi connectivity index (χ0v) is 9.83. The highest BCUT2D eigenvalue weighted by Crippen LogP contribution is 2.50. The van der Waals surface area contributed by atoms with Crippen LogP contribution in [0.1, 0.15) is 18.4 Å². The molecule has 3 fully saturated rings. The van der Waals surface area contributed by atoms with Gasteiger partial charge in [0.2, 0.25) is 0 Å². The first-order valence-electron chi connectivity index (χ1n) is 6.14. The number of benzene rings is 1. The molecule has 0 spiro atoms. The van der Waals surface area contributed by atoms with Gasteiger partial charge in [-0.3, -0.25) is 0 Å². The van der Waals surface area contributed by atoms with E-state index in [1.165, 1.54) is 37.9 Å². The van der Waals surface area contributed by atoms with E-state index in [9.17, 15) is 0 Å². The van der Waals surface area contributed by atoms with Crippen molar-refractivity contribution in [2.75, 3.05) is 20.2 Å². The molecule has 1 aromatic rings. The average molecular weight is 217 g/mol. The maximum atomic E-state index is 5.43. The minimum atomic E-state index is 0.525. The van der Waals surface area contributed by atoms with Crippen LogP contribution in [-0.2, 0) is 6.42 Å². The van der Waals surface area contributed by atoms with Crippen molar-refractivity contribution >= 4 is 0 Å². The number of rotatable bonds is 3. The summed E-state index contributed by atoms with van der Waals surface area (Å²) < 4.78 is 5.43. The summed E-state index contributed by atoms with van der Waals surface area (Å²) in [6.45, 7) is 2.41. The third kappa shape index (κ3) is 1.61. The number of methoxy groups -OCH3 is 1. The number of hydrogen-bond donors (Lipinski definition) is 1. The summed E-state index contributed by atoms with van der Waals surface area (Å²) in [6.07, 6.45) is 3.97. The molecule has 4 rings (SSSR count). The molecule has 0 radical (unpaired) electrons. The fraction of sp³-hybridized carbons (Fsp3) is 0.571. The summed E-state index contributed by atoms with van der Waals surface area (Å²) in [4.78, 5) is 0. The SMILES string of the molecule is COc1ccccc1CC12CNCC(C1)C2. The fourth-order valence-corrected chi connectivity index (χ4v) is 3.45. The van der Waals surface area contributed by atoms with Gasteiger partial charge < -0.3 is 10.1 Å². The summed E-state index contributed by atoms with van der Waals surface area (Å²) in [6, 6.07) is 8.43. The van der Waals surface area contributed by atoms with Gasteiger partial charge in [-0.25, -0.2) is 0 Å². The Morgan fingerprint density at radius 3 is 2.88 bits per heavy atom. The summed E-state index contributed by atoms with van der Waals surface area (Å²) in [7, 11) is 1.76. The van der Waals surface area contributed by atoms with Gasteiger partial charge in [-0.2, -0.15) is 0 Å². The summed E-state index contributed by atoms with van der Waals surface area (Å²) >= 11 is 0. The van der Waals surface area contributed by atoms with Crippen LogP contribution in [0.5, 0.6) is 5.75 Å². The van der Waals surface area contributed by atoms with E-state index in [4.69, 9.17) is 4.74 Å². The van der Waals surface area contributed by atoms with Crippen molar-refractivity contribution in [2.24, 2.45) is 11.3 Å². The van der Waals surface area contributed by atoms with Crippen LogP contribution >= 0.6 is 0 Å². The molecule has 0 atom stereocenters. The molecule has 2 saturated heterocycles. The second kappa shape index (κ2) is 3.77. The van der Waals surface area contributed by atoms with Gasteiger partial charge in [0.1, 0.15) is 5.75 Å². The Labute approximate surface area is 97.0 Å². The Morgan fingerprint density at radius 2 is 2.19 bits per heavy atom. The Balaban J connectivity index is 1.78. The molecule has 1 aromatic carbocycles. The molecule has 1 N–H and O–H groups in total. The maximum Gasteiger partial charge on any atom is 0.122 e. The third-order valence-corrected chi connectivity index (χ3v) is 4.13. The van der Waals surface area contributed by atoms with Crippen LogP contribution in [-0.4, -0.2) is 20.2 Å². The van der Waals surface area contributed by atoms with E-state index in [0.717, 1.165) is 11.7 Å². The van der Waals surface area contributed by atoms with E-state index >= 15 is 0 Å². The van der Waals surface area contributed by atoms with Crippen LogP contribution in [0, 0.1) is 11.3 Å². The summed E-state index contributed by atoms with van der Waals surface area (Å²) in [5.41, 5.74) is 1.89. The van der Waals surface area contributed by atoms with Crippen LogP contribution < -0.4 is 10.1 Å². The van der Waals surface area contributed by atoms with Gasteiger partial charge in [0.05, 0.1) is 7.11 Å². The van der Waals surface area contributed by atoms with Crippen LogP contribution in [0.25, 0.3) is 0 Å². The number of para-hydroxylation sites is 1. The van der Waals surface area contributed by atoms with Crippen LogP contribution in [0.3, 0.4) is 0 Å². The van der Waals surface area contributed by atoms with Crippen molar-refractivity contribution in [1.29, 1.82) is 0 Å². The number of hydrogen-bond acceptors (Lipinski definition) is 2. The molecule has 0 aromatic heterocycles. The topological polar surface area (TPSA) is 21.3 Å². The van der Waals surface area contributed by atoms with Gasteiger partial charge in [-0.1, -0.05) is 18.2 Å². The Kier molecular flexibility index (Phi) is 2.40. The molecule has 3 aliphatic rings. The standard InChI is InChI=1S/C14H19NO/c1-16-13-5-3-2-4-12(13)8-14-6-11(7-14)9-15-10-14/h2-5,11,15H,6-10H2,1H3. The van der Waals surface area contributed by atoms with Crippen molar-refractivity contribution in [3.63, 3.8) is 0 Å². The van der Waals surface area contributed by atoms with Crippen molar-refractivity contribution in [2.45, 2.75) is 19.3 Å². The molecule has 0 unspecified atom stereocenters. The molecule has 16 heavy (non-hydrogen) atoms. The predicted octanol–water partition coefficient (Wildman–Crippen LogP) is 2.24. The van der Waals surface area contributed by atoms with Crippen LogP contribution in [0.2, 0.25) is 0 Å². The van der Waals surface area contributed by atoms with Gasteiger partial charge in [0.25, 0.3) is 0 Å². The average Bonchev–Trinajstić information content (AvgIpc) is 2.29. The van der Waals surface area contributed by atoms with Crippen molar-refractivity contribution in [3.8, 4) is 5.75 Å². The molecule has 2 heteroatoms. The third-order valence-electron chi connectivity index (χ3n) is 4.13. The molecule has 86 valence electrons. The number of piperidine rings is 2. The van der Waals surface area contributed by atoms with Crippen molar-refractivity contribution < 1.29 is 4.74 Å². The van der Waals surface area contributed by atoms with Crippen molar-refractivity contribution in [3.05, 3.63) is 29.8 Å². The Bertz CT molecular complexity index is 377. The summed E-state index contributed by atoms with van der Waals surface area (Å²) in [5.74, 6) is 1.98. The highest BCUT2D eigenvalue weighted by Gasteiger charge is 2.46. The second-order valence-corrected chi connectivity index (χ2v) is 5.39. The molecular formula is C14H19NO. The first-order valence-corrected chi connectivity index (χ1v) is 6.14. The van der Waals surface area contributed by atoms with E-state index in [-0.39, 0.29) is 0 Å². The van der Waals surface area contributed by atoms with E-state index < -0.39 is 0 Å². The maximum absolute atomic E-state index is 5.43. The van der Waals surface area contributed by atoms with E-state index in [2.05, 4.69) is 23.5 Å². The van der Waals surface area contributed by atoms with E-state index in [1.54, 1.807) is 7.11 Å². The quantitative estimate of drug-likeness (QED) is 0.838. The molecule has 2 aliphatic heterocycles. The lowest BCUT2D eigenvalue weighted by molar-refractivity contribution is 0.0141. The molecule has 1 aliphatic carbocycles. The van der Waals surface area contributed by atoms with E-state index in [0.29, 0.717) is 5.41 Å². The highest BCUT2D eigenvalue weighted by atomic mass is 16.5. The number of fused-ring (bicyclic) bond motifs is 2. The second-order valence-electron chi connectivity index (χ2n) is 5.39. The molecule has 2 bridgehead atoms. The smallest absolute Gasteiger partial charge is 0.122 e. The molecule has 1 saturated carbocycles. The number of ether oxygens (including phenoxy) is 1. The van der Waals surface area contributed by atoms with Gasteiger partial charge in [0.15, 0.2) is 0 Å². The number of nitrogens with one attached hydrogen (secondary N) is 1. The van der Waals surface area contributed by atoms with Gasteiger partial charge in [-0.05, 0) is 48.8 Å². The lowest BCUT2D eigenvalue weighted by Gasteiger charge is -2.53. The minimum absolute atomic E-state index is 0.525. The Morgan fingerprint density at radius 1 is 1.38 bits per heavy atom. The van der Waals surface area contributed by atoms with Crippen LogP contribution in [0.4, 0.5) is 0 Å². The Hall–Kier alpha value is -1.02. The minimum Gasteiger partial charge on any atom is -0.496 e. The van der Waals surface area contributed by atoms with Crippen molar-refractivity contribution in [1.82, 2.24) is 5.32 Å². The zero-order chi connectivity index (χ0) is 11.0. The molecule has 2 heterocycles. The van der Waals surface area contributed by atoms with E-state index in [1.807, 2.05) is 6.07 Å². The lowest BCUT2D eigenvalue weighted by Crippen LogP contribution is -2.55. The van der Waals surface area contributed by atoms with Gasteiger partial charge in [-0.15, -0.1) is 0 Å². The molecule has 2 nitrogen and oxygen atoms in total. The largest absolute Gasteiger partial charge is 0.496 e. The molecular weight excluding hydrogens is 198 g/mol. The predicted molar refractivity (Wildman–Crippen MR) is 64.7 cm³/mol. The first-order chi connectivity index (χ1) is 7.81. The molecule has 0 amide bonds. The van der Waals surface area contributed by atoms with Gasteiger partial charge >= 0.3 is 0 Å². The van der Waals surface area contributed by atoms with Crippen LogP contribution in [0.15, 0.2) is 24.3 Å². The normalized spacial score (nSPS) is 31.9.